The van der Waals surface area contributed by atoms with Gasteiger partial charge >= 0.3 is 0 Å². The first-order valence-electron chi connectivity index (χ1n) is 8.62. The Morgan fingerprint density at radius 2 is 2.04 bits per heavy atom. The summed E-state index contributed by atoms with van der Waals surface area (Å²) in [6, 6.07) is 11.5. The Kier molecular flexibility index (Phi) is 5.71. The van der Waals surface area contributed by atoms with E-state index in [1.165, 1.54) is 12.1 Å². The summed E-state index contributed by atoms with van der Waals surface area (Å²) in [5.74, 6) is -0.629. The topological polar surface area (TPSA) is 78.9 Å². The maximum atomic E-state index is 13.7. The molecule has 1 aliphatic heterocycles. The Bertz CT molecular complexity index is 838. The van der Waals surface area contributed by atoms with E-state index in [1.54, 1.807) is 42.3 Å². The summed E-state index contributed by atoms with van der Waals surface area (Å²) >= 11 is 0. The number of aliphatic hydroxyl groups is 1. The lowest BCUT2D eigenvalue weighted by atomic mass is 10.1. The number of ether oxygens (including phenoxy) is 1. The molecule has 1 fully saturated rings. The van der Waals surface area contributed by atoms with Crippen LogP contribution in [0, 0.1) is 11.7 Å². The summed E-state index contributed by atoms with van der Waals surface area (Å²) < 4.78 is 18.8. The minimum absolute atomic E-state index is 0.112. The molecule has 2 aromatic carbocycles. The van der Waals surface area contributed by atoms with Gasteiger partial charge in [0, 0.05) is 30.8 Å². The molecule has 0 aromatic heterocycles. The van der Waals surface area contributed by atoms with E-state index < -0.39 is 11.7 Å². The molecule has 0 aliphatic carbocycles. The highest BCUT2D eigenvalue weighted by molar-refractivity contribution is 6.00. The molecule has 0 radical (unpaired) electrons. The van der Waals surface area contributed by atoms with E-state index in [-0.39, 0.29) is 37.0 Å². The molecule has 2 amide bonds. The van der Waals surface area contributed by atoms with Gasteiger partial charge in [-0.15, -0.1) is 0 Å². The molecule has 142 valence electrons. The van der Waals surface area contributed by atoms with Gasteiger partial charge in [0.15, 0.2) is 0 Å². The highest BCUT2D eigenvalue weighted by atomic mass is 19.1. The molecule has 0 bridgehead atoms. The maximum absolute atomic E-state index is 13.7. The maximum Gasteiger partial charge on any atom is 0.227 e. The molecule has 1 heterocycles. The van der Waals surface area contributed by atoms with E-state index in [0.29, 0.717) is 17.9 Å². The Morgan fingerprint density at radius 1 is 1.30 bits per heavy atom. The van der Waals surface area contributed by atoms with Gasteiger partial charge in [-0.1, -0.05) is 12.1 Å². The number of amides is 2. The molecule has 0 spiro atoms. The van der Waals surface area contributed by atoms with Crippen molar-refractivity contribution in [3.8, 4) is 5.75 Å². The molecule has 6 nitrogen and oxygen atoms in total. The predicted octanol–water partition coefficient (Wildman–Crippen LogP) is 2.00. The fraction of sp³-hybridized carbons (Fsp3) is 0.300. The average Bonchev–Trinajstić information content (AvgIpc) is 3.08. The van der Waals surface area contributed by atoms with Gasteiger partial charge in [0.25, 0.3) is 0 Å². The molecule has 1 atom stereocenters. The lowest BCUT2D eigenvalue weighted by molar-refractivity contribution is -0.126. The van der Waals surface area contributed by atoms with E-state index >= 15 is 0 Å². The molecular formula is C20H21FN2O4. The predicted molar refractivity (Wildman–Crippen MR) is 97.6 cm³/mol. The van der Waals surface area contributed by atoms with Crippen molar-refractivity contribution in [1.82, 2.24) is 5.32 Å². The number of benzene rings is 2. The van der Waals surface area contributed by atoms with Crippen molar-refractivity contribution in [1.29, 1.82) is 0 Å². The van der Waals surface area contributed by atoms with Crippen LogP contribution in [0.3, 0.4) is 0 Å². The number of hydrogen-bond donors (Lipinski definition) is 2. The third-order valence-corrected chi connectivity index (χ3v) is 4.63. The van der Waals surface area contributed by atoms with E-state index in [2.05, 4.69) is 5.32 Å². The molecule has 1 saturated heterocycles. The molecule has 7 heteroatoms. The summed E-state index contributed by atoms with van der Waals surface area (Å²) in [5, 5.41) is 11.7. The summed E-state index contributed by atoms with van der Waals surface area (Å²) in [6.07, 6.45) is 0.135. The van der Waals surface area contributed by atoms with Crippen molar-refractivity contribution >= 4 is 17.5 Å². The summed E-state index contributed by atoms with van der Waals surface area (Å²) in [5.41, 5.74) is 1.52. The Balaban J connectivity index is 1.59. The fourth-order valence-corrected chi connectivity index (χ4v) is 3.06. The average molecular weight is 372 g/mol. The van der Waals surface area contributed by atoms with E-state index in [4.69, 9.17) is 9.84 Å². The smallest absolute Gasteiger partial charge is 0.227 e. The number of hydrogen-bond acceptors (Lipinski definition) is 4. The van der Waals surface area contributed by atoms with Crippen molar-refractivity contribution in [2.75, 3.05) is 18.6 Å². The molecule has 2 aromatic rings. The third-order valence-electron chi connectivity index (χ3n) is 4.63. The van der Waals surface area contributed by atoms with Crippen molar-refractivity contribution < 1.29 is 23.8 Å². The zero-order chi connectivity index (χ0) is 19.4. The summed E-state index contributed by atoms with van der Waals surface area (Å²) in [7, 11) is 1.57. The molecule has 1 aliphatic rings. The number of carbonyl (C=O) groups is 2. The summed E-state index contributed by atoms with van der Waals surface area (Å²) in [4.78, 5) is 26.3. The third kappa shape index (κ3) is 4.25. The number of halogens is 1. The van der Waals surface area contributed by atoms with E-state index in [0.717, 1.165) is 5.69 Å². The minimum Gasteiger partial charge on any atom is -0.497 e. The van der Waals surface area contributed by atoms with Gasteiger partial charge in [-0.05, 0) is 35.9 Å². The van der Waals surface area contributed by atoms with Gasteiger partial charge in [-0.3, -0.25) is 9.59 Å². The number of carbonyl (C=O) groups excluding carboxylic acids is 2. The molecular weight excluding hydrogens is 351 g/mol. The van der Waals surface area contributed by atoms with Crippen molar-refractivity contribution in [3.05, 3.63) is 59.4 Å². The van der Waals surface area contributed by atoms with Crippen LogP contribution in [0.1, 0.15) is 17.5 Å². The number of nitrogens with one attached hydrogen (secondary N) is 1. The van der Waals surface area contributed by atoms with Gasteiger partial charge in [0.05, 0.1) is 19.6 Å². The number of nitrogens with zero attached hydrogens (tertiary/aromatic N) is 1. The van der Waals surface area contributed by atoms with Crippen molar-refractivity contribution in [2.45, 2.75) is 19.6 Å². The van der Waals surface area contributed by atoms with Crippen LogP contribution in [0.5, 0.6) is 5.75 Å². The lowest BCUT2D eigenvalue weighted by Gasteiger charge is -2.17. The van der Waals surface area contributed by atoms with Crippen molar-refractivity contribution in [3.63, 3.8) is 0 Å². The number of methoxy groups -OCH3 is 1. The second kappa shape index (κ2) is 8.18. The first kappa shape index (κ1) is 18.8. The highest BCUT2D eigenvalue weighted by Crippen LogP contribution is 2.27. The molecule has 27 heavy (non-hydrogen) atoms. The molecule has 0 saturated carbocycles. The highest BCUT2D eigenvalue weighted by Gasteiger charge is 2.35. The number of aliphatic hydroxyl groups excluding tert-OH is 1. The van der Waals surface area contributed by atoms with Crippen LogP contribution in [-0.4, -0.2) is 30.6 Å². The number of anilines is 1. The first-order chi connectivity index (χ1) is 13.0. The van der Waals surface area contributed by atoms with E-state index in [1.807, 2.05) is 0 Å². The van der Waals surface area contributed by atoms with Gasteiger partial charge in [-0.2, -0.15) is 0 Å². The van der Waals surface area contributed by atoms with Gasteiger partial charge in [0.1, 0.15) is 11.6 Å². The second-order valence-electron chi connectivity index (χ2n) is 6.41. The van der Waals surface area contributed by atoms with Gasteiger partial charge in [-0.25, -0.2) is 4.39 Å². The zero-order valence-corrected chi connectivity index (χ0v) is 14.9. The number of rotatable bonds is 6. The zero-order valence-electron chi connectivity index (χ0n) is 14.9. The normalized spacial score (nSPS) is 16.5. The standard InChI is InChI=1S/C20H21FN2O4/c1-27-17-6-4-16(5-7-17)23-11-15(9-19(23)25)20(26)22-10-13-2-3-14(12-24)18(21)8-13/h2-8,15,24H,9-12H2,1H3,(H,22,26)/t15-/m0/s1. The van der Waals surface area contributed by atoms with Crippen LogP contribution in [0.2, 0.25) is 0 Å². The molecule has 2 N–H and O–H groups in total. The lowest BCUT2D eigenvalue weighted by Crippen LogP contribution is -2.32. The second-order valence-corrected chi connectivity index (χ2v) is 6.41. The van der Waals surface area contributed by atoms with Crippen LogP contribution in [0.15, 0.2) is 42.5 Å². The largest absolute Gasteiger partial charge is 0.497 e. The quantitative estimate of drug-likeness (QED) is 0.813. The molecule has 0 unspecified atom stereocenters. The van der Waals surface area contributed by atoms with Crippen LogP contribution in [0.25, 0.3) is 0 Å². The SMILES string of the molecule is COc1ccc(N2C[C@@H](C(=O)NCc3ccc(CO)c(F)c3)CC2=O)cc1. The van der Waals surface area contributed by atoms with Crippen LogP contribution < -0.4 is 15.0 Å². The molecule has 3 rings (SSSR count). The van der Waals surface area contributed by atoms with Crippen molar-refractivity contribution in [2.24, 2.45) is 5.92 Å². The first-order valence-corrected chi connectivity index (χ1v) is 8.62. The van der Waals surface area contributed by atoms with Crippen LogP contribution >= 0.6 is 0 Å². The Hall–Kier alpha value is -2.93. The monoisotopic (exact) mass is 372 g/mol. The fourth-order valence-electron chi connectivity index (χ4n) is 3.06. The van der Waals surface area contributed by atoms with E-state index in [9.17, 15) is 14.0 Å². The summed E-state index contributed by atoms with van der Waals surface area (Å²) in [6.45, 7) is 0.0906. The van der Waals surface area contributed by atoms with Crippen LogP contribution in [0.4, 0.5) is 10.1 Å². The Labute approximate surface area is 156 Å². The van der Waals surface area contributed by atoms with Gasteiger partial charge < -0.3 is 20.1 Å². The van der Waals surface area contributed by atoms with Crippen LogP contribution in [-0.2, 0) is 22.7 Å². The van der Waals surface area contributed by atoms with Gasteiger partial charge in [0.2, 0.25) is 11.8 Å². The minimum atomic E-state index is -0.508. The Morgan fingerprint density at radius 3 is 2.67 bits per heavy atom.